The fourth-order valence-corrected chi connectivity index (χ4v) is 1.94. The number of carbonyl (C=O) groups excluding carboxylic acids is 1. The minimum Gasteiger partial charge on any atom is -0.385 e. The number of rotatable bonds is 4. The molecule has 0 saturated carbocycles. The van der Waals surface area contributed by atoms with E-state index in [1.165, 1.54) is 12.1 Å². The van der Waals surface area contributed by atoms with E-state index in [0.29, 0.717) is 12.1 Å². The summed E-state index contributed by atoms with van der Waals surface area (Å²) in [5, 5.41) is 5.73. The van der Waals surface area contributed by atoms with Crippen molar-refractivity contribution in [1.82, 2.24) is 0 Å². The van der Waals surface area contributed by atoms with Crippen LogP contribution in [0.2, 0.25) is 0 Å². The maximum Gasteiger partial charge on any atom is 0.257 e. The molecule has 20 heavy (non-hydrogen) atoms. The monoisotopic (exact) mass is 272 g/mol. The van der Waals surface area contributed by atoms with Crippen molar-refractivity contribution < 1.29 is 9.18 Å². The third-order valence-electron chi connectivity index (χ3n) is 2.91. The Morgan fingerprint density at radius 2 is 1.90 bits per heavy atom. The number of hydrogen-bond donors (Lipinski definition) is 2. The van der Waals surface area contributed by atoms with E-state index in [0.717, 1.165) is 11.3 Å². The molecule has 2 aromatic carbocycles. The molecule has 2 N–H and O–H groups in total. The van der Waals surface area contributed by atoms with Crippen molar-refractivity contribution >= 4 is 17.3 Å². The molecule has 0 aliphatic rings. The Kier molecular flexibility index (Phi) is 4.35. The highest BCUT2D eigenvalue weighted by atomic mass is 19.1. The van der Waals surface area contributed by atoms with Gasteiger partial charge in [-0.25, -0.2) is 4.39 Å². The molecule has 4 heteroatoms. The second-order valence-corrected chi connectivity index (χ2v) is 4.51. The summed E-state index contributed by atoms with van der Waals surface area (Å²) < 4.78 is 13.6. The van der Waals surface area contributed by atoms with E-state index >= 15 is 0 Å². The Balaban J connectivity index is 2.29. The Hall–Kier alpha value is -2.36. The van der Waals surface area contributed by atoms with Crippen molar-refractivity contribution in [1.29, 1.82) is 0 Å². The Labute approximate surface area is 117 Å². The number of amides is 1. The van der Waals surface area contributed by atoms with E-state index in [-0.39, 0.29) is 11.6 Å². The molecule has 2 rings (SSSR count). The summed E-state index contributed by atoms with van der Waals surface area (Å²) in [6, 6.07) is 11.7. The average molecular weight is 272 g/mol. The molecule has 2 aromatic rings. The first-order valence-corrected chi connectivity index (χ1v) is 6.52. The highest BCUT2D eigenvalue weighted by molar-refractivity contribution is 6.08. The van der Waals surface area contributed by atoms with Gasteiger partial charge in [-0.15, -0.1) is 0 Å². The molecule has 0 spiro atoms. The third kappa shape index (κ3) is 3.15. The topological polar surface area (TPSA) is 41.1 Å². The molecule has 3 nitrogen and oxygen atoms in total. The smallest absolute Gasteiger partial charge is 0.257 e. The zero-order valence-corrected chi connectivity index (χ0v) is 11.5. The standard InChI is InChI=1S/C16H17FN2O/c1-3-18-14-9-8-11(2)10-12(14)16(20)19-15-7-5-4-6-13(15)17/h4-10,18H,3H2,1-2H3,(H,19,20). The molecule has 0 saturated heterocycles. The normalized spacial score (nSPS) is 10.2. The molecule has 0 aliphatic carbocycles. The molecular formula is C16H17FN2O. The second-order valence-electron chi connectivity index (χ2n) is 4.51. The maximum absolute atomic E-state index is 13.6. The molecule has 0 fully saturated rings. The second kappa shape index (κ2) is 6.19. The van der Waals surface area contributed by atoms with Gasteiger partial charge in [0.25, 0.3) is 5.91 Å². The van der Waals surface area contributed by atoms with E-state index in [9.17, 15) is 9.18 Å². The van der Waals surface area contributed by atoms with E-state index in [2.05, 4.69) is 10.6 Å². The van der Waals surface area contributed by atoms with E-state index in [1.54, 1.807) is 18.2 Å². The van der Waals surface area contributed by atoms with Gasteiger partial charge in [0.1, 0.15) is 5.82 Å². The molecule has 0 aliphatic heterocycles. The number of aryl methyl sites for hydroxylation is 1. The molecule has 0 unspecified atom stereocenters. The highest BCUT2D eigenvalue weighted by Gasteiger charge is 2.13. The zero-order chi connectivity index (χ0) is 14.5. The molecule has 0 heterocycles. The lowest BCUT2D eigenvalue weighted by atomic mass is 10.1. The molecule has 1 amide bonds. The van der Waals surface area contributed by atoms with Gasteiger partial charge in [-0.2, -0.15) is 0 Å². The number of hydrogen-bond acceptors (Lipinski definition) is 2. The van der Waals surface area contributed by atoms with Crippen molar-refractivity contribution in [3.8, 4) is 0 Å². The van der Waals surface area contributed by atoms with Crippen LogP contribution in [0.4, 0.5) is 15.8 Å². The van der Waals surface area contributed by atoms with Crippen molar-refractivity contribution in [3.05, 3.63) is 59.4 Å². The fourth-order valence-electron chi connectivity index (χ4n) is 1.94. The average Bonchev–Trinajstić information content (AvgIpc) is 2.43. The molecule has 0 radical (unpaired) electrons. The van der Waals surface area contributed by atoms with Crippen molar-refractivity contribution in [2.24, 2.45) is 0 Å². The first kappa shape index (κ1) is 14.1. The third-order valence-corrected chi connectivity index (χ3v) is 2.91. The molecule has 0 aromatic heterocycles. The number of nitrogens with one attached hydrogen (secondary N) is 2. The fraction of sp³-hybridized carbons (Fsp3) is 0.188. The van der Waals surface area contributed by atoms with E-state index in [4.69, 9.17) is 0 Å². The number of carbonyl (C=O) groups is 1. The maximum atomic E-state index is 13.6. The van der Waals surface area contributed by atoms with Crippen LogP contribution < -0.4 is 10.6 Å². The summed E-state index contributed by atoms with van der Waals surface area (Å²) in [6.07, 6.45) is 0. The highest BCUT2D eigenvalue weighted by Crippen LogP contribution is 2.20. The molecule has 0 atom stereocenters. The predicted molar refractivity (Wildman–Crippen MR) is 79.7 cm³/mol. The summed E-state index contributed by atoms with van der Waals surface area (Å²) in [4.78, 5) is 12.3. The molecular weight excluding hydrogens is 255 g/mol. The van der Waals surface area contributed by atoms with Crippen molar-refractivity contribution in [3.63, 3.8) is 0 Å². The van der Waals surface area contributed by atoms with Crippen LogP contribution in [0, 0.1) is 12.7 Å². The number of para-hydroxylation sites is 1. The largest absolute Gasteiger partial charge is 0.385 e. The quantitative estimate of drug-likeness (QED) is 0.888. The minimum atomic E-state index is -0.446. The summed E-state index contributed by atoms with van der Waals surface area (Å²) in [5.74, 6) is -0.770. The van der Waals surface area contributed by atoms with Gasteiger partial charge in [-0.3, -0.25) is 4.79 Å². The van der Waals surface area contributed by atoms with Gasteiger partial charge >= 0.3 is 0 Å². The number of anilines is 2. The van der Waals surface area contributed by atoms with E-state index in [1.807, 2.05) is 26.0 Å². The van der Waals surface area contributed by atoms with Gasteiger partial charge < -0.3 is 10.6 Å². The summed E-state index contributed by atoms with van der Waals surface area (Å²) in [7, 11) is 0. The predicted octanol–water partition coefficient (Wildman–Crippen LogP) is 3.82. The van der Waals surface area contributed by atoms with E-state index < -0.39 is 5.82 Å². The van der Waals surface area contributed by atoms with Crippen LogP contribution in [-0.4, -0.2) is 12.5 Å². The minimum absolute atomic E-state index is 0.182. The Bertz CT molecular complexity index is 626. The first-order chi connectivity index (χ1) is 9.61. The van der Waals surface area contributed by atoms with Gasteiger partial charge in [0, 0.05) is 12.2 Å². The van der Waals surface area contributed by atoms with Crippen LogP contribution in [0.25, 0.3) is 0 Å². The van der Waals surface area contributed by atoms with Crippen LogP contribution in [0.3, 0.4) is 0 Å². The van der Waals surface area contributed by atoms with Crippen molar-refractivity contribution in [2.45, 2.75) is 13.8 Å². The van der Waals surface area contributed by atoms with Gasteiger partial charge in [0.15, 0.2) is 0 Å². The zero-order valence-electron chi connectivity index (χ0n) is 11.5. The Morgan fingerprint density at radius 3 is 2.60 bits per heavy atom. The van der Waals surface area contributed by atoms with Crippen LogP contribution in [-0.2, 0) is 0 Å². The summed E-state index contributed by atoms with van der Waals surface area (Å²) >= 11 is 0. The van der Waals surface area contributed by atoms with Crippen LogP contribution in [0.1, 0.15) is 22.8 Å². The van der Waals surface area contributed by atoms with Gasteiger partial charge in [-0.1, -0.05) is 23.8 Å². The van der Waals surface area contributed by atoms with Gasteiger partial charge in [0.05, 0.1) is 11.3 Å². The lowest BCUT2D eigenvalue weighted by molar-refractivity contribution is 0.102. The lowest BCUT2D eigenvalue weighted by Gasteiger charge is -2.12. The van der Waals surface area contributed by atoms with Gasteiger partial charge in [0.2, 0.25) is 0 Å². The van der Waals surface area contributed by atoms with Gasteiger partial charge in [-0.05, 0) is 38.1 Å². The Morgan fingerprint density at radius 1 is 1.15 bits per heavy atom. The first-order valence-electron chi connectivity index (χ1n) is 6.52. The summed E-state index contributed by atoms with van der Waals surface area (Å²) in [5.41, 5.74) is 2.41. The number of benzene rings is 2. The molecule has 104 valence electrons. The summed E-state index contributed by atoms with van der Waals surface area (Å²) in [6.45, 7) is 4.58. The van der Waals surface area contributed by atoms with Crippen LogP contribution in [0.15, 0.2) is 42.5 Å². The number of halogens is 1. The van der Waals surface area contributed by atoms with Crippen LogP contribution in [0.5, 0.6) is 0 Å². The van der Waals surface area contributed by atoms with Crippen molar-refractivity contribution in [2.75, 3.05) is 17.2 Å². The van der Waals surface area contributed by atoms with Crippen LogP contribution >= 0.6 is 0 Å². The SMILES string of the molecule is CCNc1ccc(C)cc1C(=O)Nc1ccccc1F. The lowest BCUT2D eigenvalue weighted by Crippen LogP contribution is -2.15. The molecule has 0 bridgehead atoms.